The fourth-order valence-corrected chi connectivity index (χ4v) is 2.37. The number of rotatable bonds is 6. The van der Waals surface area contributed by atoms with E-state index in [0.29, 0.717) is 11.6 Å². The molecule has 0 radical (unpaired) electrons. The summed E-state index contributed by atoms with van der Waals surface area (Å²) in [5, 5.41) is 4.19. The van der Waals surface area contributed by atoms with Gasteiger partial charge >= 0.3 is 0 Å². The number of aromatic nitrogens is 3. The first kappa shape index (κ1) is 15.4. The Morgan fingerprint density at radius 1 is 1.33 bits per heavy atom. The third-order valence-corrected chi connectivity index (χ3v) is 3.46. The summed E-state index contributed by atoms with van der Waals surface area (Å²) >= 11 is 5.02. The number of hydrogen-bond donors (Lipinski definition) is 1. The molecule has 6 heteroatoms. The average Bonchev–Trinajstić information content (AvgIpc) is 2.85. The van der Waals surface area contributed by atoms with Crippen LogP contribution in [0.5, 0.6) is 5.75 Å². The lowest BCUT2D eigenvalue weighted by atomic mass is 10.1. The Morgan fingerprint density at radius 2 is 2.00 bits per heavy atom. The van der Waals surface area contributed by atoms with Crippen LogP contribution in [0, 0.1) is 13.8 Å². The van der Waals surface area contributed by atoms with E-state index in [9.17, 15) is 0 Å². The maximum Gasteiger partial charge on any atom is 0.164 e. The SMILES string of the molecule is CCCn1ncnc1COc1c(C)cc(C(N)=S)cc1C. The zero-order valence-electron chi connectivity index (χ0n) is 12.6. The highest BCUT2D eigenvalue weighted by Crippen LogP contribution is 2.25. The zero-order chi connectivity index (χ0) is 15.4. The molecule has 0 aliphatic rings. The number of thiocarbonyl (C=S) groups is 1. The molecule has 1 aromatic carbocycles. The number of benzene rings is 1. The van der Waals surface area contributed by atoms with Crippen LogP contribution in [0.15, 0.2) is 18.5 Å². The second-order valence-electron chi connectivity index (χ2n) is 4.99. The molecule has 0 aliphatic carbocycles. The normalized spacial score (nSPS) is 10.6. The quantitative estimate of drug-likeness (QED) is 0.831. The average molecular weight is 304 g/mol. The number of aryl methyl sites for hydroxylation is 3. The summed E-state index contributed by atoms with van der Waals surface area (Å²) in [5.74, 6) is 1.68. The molecule has 1 heterocycles. The van der Waals surface area contributed by atoms with Crippen molar-refractivity contribution in [1.29, 1.82) is 0 Å². The van der Waals surface area contributed by atoms with Crippen molar-refractivity contribution >= 4 is 17.2 Å². The molecule has 0 bridgehead atoms. The van der Waals surface area contributed by atoms with E-state index in [2.05, 4.69) is 17.0 Å². The topological polar surface area (TPSA) is 66.0 Å². The summed E-state index contributed by atoms with van der Waals surface area (Å²) in [4.78, 5) is 4.64. The van der Waals surface area contributed by atoms with E-state index in [0.717, 1.165) is 41.2 Å². The summed E-state index contributed by atoms with van der Waals surface area (Å²) in [6.45, 7) is 7.32. The van der Waals surface area contributed by atoms with Gasteiger partial charge in [-0.3, -0.25) is 0 Å². The van der Waals surface area contributed by atoms with E-state index in [1.807, 2.05) is 30.7 Å². The molecule has 112 valence electrons. The molecule has 21 heavy (non-hydrogen) atoms. The Balaban J connectivity index is 2.16. The highest BCUT2D eigenvalue weighted by atomic mass is 32.1. The van der Waals surface area contributed by atoms with Crippen LogP contribution in [0.3, 0.4) is 0 Å². The summed E-state index contributed by atoms with van der Waals surface area (Å²) in [7, 11) is 0. The minimum Gasteiger partial charge on any atom is -0.485 e. The molecule has 0 amide bonds. The van der Waals surface area contributed by atoms with Crippen molar-refractivity contribution < 1.29 is 4.74 Å². The summed E-state index contributed by atoms with van der Waals surface area (Å²) < 4.78 is 7.80. The fourth-order valence-electron chi connectivity index (χ4n) is 2.26. The number of nitrogens with two attached hydrogens (primary N) is 1. The fraction of sp³-hybridized carbons (Fsp3) is 0.400. The van der Waals surface area contributed by atoms with Crippen LogP contribution in [-0.4, -0.2) is 19.8 Å². The van der Waals surface area contributed by atoms with Crippen LogP contribution in [0.4, 0.5) is 0 Å². The van der Waals surface area contributed by atoms with Crippen molar-refractivity contribution in [3.63, 3.8) is 0 Å². The summed E-state index contributed by atoms with van der Waals surface area (Å²) in [6, 6.07) is 3.89. The largest absolute Gasteiger partial charge is 0.485 e. The van der Waals surface area contributed by atoms with Gasteiger partial charge in [0.1, 0.15) is 23.7 Å². The second-order valence-corrected chi connectivity index (χ2v) is 5.43. The van der Waals surface area contributed by atoms with Gasteiger partial charge in [0.2, 0.25) is 0 Å². The lowest BCUT2D eigenvalue weighted by Crippen LogP contribution is -2.12. The number of ether oxygens (including phenoxy) is 1. The van der Waals surface area contributed by atoms with Crippen LogP contribution >= 0.6 is 12.2 Å². The minimum absolute atomic E-state index is 0.397. The van der Waals surface area contributed by atoms with Crippen molar-refractivity contribution in [1.82, 2.24) is 14.8 Å². The Kier molecular flexibility index (Phi) is 4.90. The van der Waals surface area contributed by atoms with E-state index >= 15 is 0 Å². The standard InChI is InChI=1S/C15H20N4OS/c1-4-5-19-13(17-9-18-19)8-20-14-10(2)6-12(15(16)21)7-11(14)3/h6-7,9H,4-5,8H2,1-3H3,(H2,16,21). The van der Waals surface area contributed by atoms with E-state index in [1.54, 1.807) is 6.33 Å². The van der Waals surface area contributed by atoms with Crippen molar-refractivity contribution in [3.8, 4) is 5.75 Å². The summed E-state index contributed by atoms with van der Waals surface area (Å²) in [6.07, 6.45) is 2.57. The van der Waals surface area contributed by atoms with Gasteiger partial charge in [0, 0.05) is 12.1 Å². The van der Waals surface area contributed by atoms with Gasteiger partial charge in [-0.25, -0.2) is 9.67 Å². The molecule has 0 spiro atoms. The Morgan fingerprint density at radius 3 is 2.57 bits per heavy atom. The van der Waals surface area contributed by atoms with Gasteiger partial charge in [0.05, 0.1) is 0 Å². The van der Waals surface area contributed by atoms with Gasteiger partial charge in [-0.05, 0) is 43.5 Å². The third kappa shape index (κ3) is 3.58. The number of nitrogens with zero attached hydrogens (tertiary/aromatic N) is 3. The van der Waals surface area contributed by atoms with Crippen LogP contribution < -0.4 is 10.5 Å². The van der Waals surface area contributed by atoms with Crippen molar-refractivity contribution in [2.45, 2.75) is 40.3 Å². The molecule has 0 fully saturated rings. The predicted octanol–water partition coefficient (Wildman–Crippen LogP) is 2.52. The van der Waals surface area contributed by atoms with E-state index < -0.39 is 0 Å². The van der Waals surface area contributed by atoms with E-state index in [1.165, 1.54) is 0 Å². The van der Waals surface area contributed by atoms with Gasteiger partial charge in [-0.15, -0.1) is 0 Å². The van der Waals surface area contributed by atoms with Gasteiger partial charge in [-0.1, -0.05) is 19.1 Å². The van der Waals surface area contributed by atoms with Crippen molar-refractivity contribution in [2.75, 3.05) is 0 Å². The van der Waals surface area contributed by atoms with Gasteiger partial charge in [0.25, 0.3) is 0 Å². The molecular weight excluding hydrogens is 284 g/mol. The molecule has 1 aromatic heterocycles. The second kappa shape index (κ2) is 6.67. The van der Waals surface area contributed by atoms with Crippen LogP contribution in [-0.2, 0) is 13.2 Å². The predicted molar refractivity (Wildman–Crippen MR) is 86.4 cm³/mol. The van der Waals surface area contributed by atoms with Gasteiger partial charge < -0.3 is 10.5 Å². The first-order chi connectivity index (χ1) is 10.0. The Hall–Kier alpha value is -1.95. The molecule has 2 N–H and O–H groups in total. The highest BCUT2D eigenvalue weighted by molar-refractivity contribution is 7.80. The molecule has 0 saturated heterocycles. The van der Waals surface area contributed by atoms with Crippen LogP contribution in [0.25, 0.3) is 0 Å². The molecule has 2 rings (SSSR count). The van der Waals surface area contributed by atoms with Gasteiger partial charge in [-0.2, -0.15) is 5.10 Å². The molecule has 2 aromatic rings. The smallest absolute Gasteiger partial charge is 0.164 e. The lowest BCUT2D eigenvalue weighted by Gasteiger charge is -2.14. The van der Waals surface area contributed by atoms with Gasteiger partial charge in [0.15, 0.2) is 5.82 Å². The number of hydrogen-bond acceptors (Lipinski definition) is 4. The Labute approximate surface area is 130 Å². The molecule has 0 saturated carbocycles. The van der Waals surface area contributed by atoms with E-state index in [4.69, 9.17) is 22.7 Å². The molecule has 0 atom stereocenters. The first-order valence-corrected chi connectivity index (χ1v) is 7.34. The summed E-state index contributed by atoms with van der Waals surface area (Å²) in [5.41, 5.74) is 8.56. The maximum atomic E-state index is 5.93. The minimum atomic E-state index is 0.397. The van der Waals surface area contributed by atoms with Crippen LogP contribution in [0.1, 0.15) is 35.9 Å². The van der Waals surface area contributed by atoms with Crippen molar-refractivity contribution in [2.24, 2.45) is 5.73 Å². The highest BCUT2D eigenvalue weighted by Gasteiger charge is 2.10. The molecule has 0 aliphatic heterocycles. The molecule has 5 nitrogen and oxygen atoms in total. The molecule has 0 unspecified atom stereocenters. The van der Waals surface area contributed by atoms with Crippen molar-refractivity contribution in [3.05, 3.63) is 41.0 Å². The maximum absolute atomic E-state index is 5.93. The Bertz CT molecular complexity index is 628. The molecular formula is C15H20N4OS. The third-order valence-electron chi connectivity index (χ3n) is 3.22. The first-order valence-electron chi connectivity index (χ1n) is 6.93. The lowest BCUT2D eigenvalue weighted by molar-refractivity contribution is 0.282. The van der Waals surface area contributed by atoms with E-state index in [-0.39, 0.29) is 0 Å². The zero-order valence-corrected chi connectivity index (χ0v) is 13.4. The van der Waals surface area contributed by atoms with Crippen LogP contribution in [0.2, 0.25) is 0 Å². The monoisotopic (exact) mass is 304 g/mol.